The van der Waals surface area contributed by atoms with Crippen molar-refractivity contribution in [2.45, 2.75) is 71.6 Å². The van der Waals surface area contributed by atoms with Gasteiger partial charge in [0.15, 0.2) is 22.8 Å². The van der Waals surface area contributed by atoms with Crippen molar-refractivity contribution >= 4 is 17.0 Å². The van der Waals surface area contributed by atoms with Crippen molar-refractivity contribution in [2.75, 3.05) is 18.0 Å². The summed E-state index contributed by atoms with van der Waals surface area (Å²) in [4.78, 5) is 16.4. The van der Waals surface area contributed by atoms with Gasteiger partial charge in [-0.1, -0.05) is 20.8 Å². The highest BCUT2D eigenvalue weighted by atomic mass is 16.3. The predicted molar refractivity (Wildman–Crippen MR) is 109 cm³/mol. The first-order valence-electron chi connectivity index (χ1n) is 9.98. The zero-order valence-corrected chi connectivity index (χ0v) is 18.0. The lowest BCUT2D eigenvalue weighted by molar-refractivity contribution is 0.198. The number of aliphatic hydroxyl groups is 1. The van der Waals surface area contributed by atoms with Gasteiger partial charge >= 0.3 is 0 Å². The Labute approximate surface area is 170 Å². The Bertz CT molecular complexity index is 1020. The van der Waals surface area contributed by atoms with E-state index in [2.05, 4.69) is 67.0 Å². The highest BCUT2D eigenvalue weighted by molar-refractivity contribution is 5.84. The van der Waals surface area contributed by atoms with Crippen molar-refractivity contribution in [3.05, 3.63) is 18.0 Å². The predicted octanol–water partition coefficient (Wildman–Crippen LogP) is 1.48. The molecule has 1 N–H and O–H groups in total. The molecule has 3 aromatic heterocycles. The van der Waals surface area contributed by atoms with Crippen molar-refractivity contribution in [3.8, 4) is 0 Å². The van der Waals surface area contributed by atoms with Crippen molar-refractivity contribution in [2.24, 2.45) is 0 Å². The fourth-order valence-corrected chi connectivity index (χ4v) is 3.51. The van der Waals surface area contributed by atoms with E-state index in [9.17, 15) is 5.11 Å². The lowest BCUT2D eigenvalue weighted by atomic mass is 9.96. The molecule has 10 heteroatoms. The fourth-order valence-electron chi connectivity index (χ4n) is 3.51. The minimum Gasteiger partial charge on any atom is -0.391 e. The third-order valence-electron chi connectivity index (χ3n) is 5.06. The highest BCUT2D eigenvalue weighted by Gasteiger charge is 2.29. The van der Waals surface area contributed by atoms with Crippen molar-refractivity contribution in [3.63, 3.8) is 0 Å². The van der Waals surface area contributed by atoms with Gasteiger partial charge in [0.05, 0.1) is 24.5 Å². The van der Waals surface area contributed by atoms with Crippen LogP contribution in [0.1, 0.15) is 59.6 Å². The Kier molecular flexibility index (Phi) is 4.56. The lowest BCUT2D eigenvalue weighted by Gasteiger charge is -2.22. The SMILES string of the molecule is CC(C)(C)c1nc(N2CC[C@H](O)C2)c2ncn(Cc3nnnn3C(C)(C)C)c2n1. The van der Waals surface area contributed by atoms with Crippen LogP contribution in [0.15, 0.2) is 6.33 Å². The molecule has 4 heterocycles. The number of rotatable bonds is 3. The number of imidazole rings is 1. The van der Waals surface area contributed by atoms with E-state index in [4.69, 9.17) is 9.97 Å². The average Bonchev–Trinajstić information content (AvgIpc) is 3.33. The van der Waals surface area contributed by atoms with Gasteiger partial charge in [-0.05, 0) is 37.6 Å². The van der Waals surface area contributed by atoms with Crippen LogP contribution in [0.4, 0.5) is 5.82 Å². The van der Waals surface area contributed by atoms with Crippen LogP contribution >= 0.6 is 0 Å². The Morgan fingerprint density at radius 1 is 1.14 bits per heavy atom. The number of hydrogen-bond donors (Lipinski definition) is 1. The van der Waals surface area contributed by atoms with E-state index in [0.29, 0.717) is 13.1 Å². The summed E-state index contributed by atoms with van der Waals surface area (Å²) < 4.78 is 3.79. The van der Waals surface area contributed by atoms with Crippen LogP contribution in [0, 0.1) is 0 Å². The number of aromatic nitrogens is 8. The highest BCUT2D eigenvalue weighted by Crippen LogP contribution is 2.30. The summed E-state index contributed by atoms with van der Waals surface area (Å²) >= 11 is 0. The molecule has 0 aliphatic carbocycles. The van der Waals surface area contributed by atoms with Crippen LogP contribution in [-0.2, 0) is 17.5 Å². The van der Waals surface area contributed by atoms with Gasteiger partial charge in [-0.25, -0.2) is 19.6 Å². The molecule has 1 aliphatic heterocycles. The number of tetrazole rings is 1. The molecule has 156 valence electrons. The Balaban J connectivity index is 1.82. The first-order chi connectivity index (χ1) is 13.5. The van der Waals surface area contributed by atoms with E-state index in [1.54, 1.807) is 6.33 Å². The van der Waals surface area contributed by atoms with Gasteiger partial charge < -0.3 is 14.6 Å². The van der Waals surface area contributed by atoms with Crippen LogP contribution in [0.2, 0.25) is 0 Å². The minimum absolute atomic E-state index is 0.219. The van der Waals surface area contributed by atoms with Gasteiger partial charge in [0.1, 0.15) is 5.82 Å². The first-order valence-corrected chi connectivity index (χ1v) is 9.98. The van der Waals surface area contributed by atoms with Crippen LogP contribution < -0.4 is 4.90 Å². The third kappa shape index (κ3) is 3.68. The number of nitrogens with zero attached hydrogens (tertiary/aromatic N) is 9. The Morgan fingerprint density at radius 2 is 1.90 bits per heavy atom. The standard InChI is InChI=1S/C19H29N9O/c1-18(2,3)17-21-15(26-8-7-12(29)9-26)14-16(22-17)27(11-20-14)10-13-23-24-25-28(13)19(4,5)6/h11-12,29H,7-10H2,1-6H3/t12-/m0/s1. The van der Waals surface area contributed by atoms with E-state index in [0.717, 1.165) is 41.6 Å². The molecule has 0 bridgehead atoms. The second kappa shape index (κ2) is 6.72. The van der Waals surface area contributed by atoms with E-state index < -0.39 is 0 Å². The molecule has 1 atom stereocenters. The summed E-state index contributed by atoms with van der Waals surface area (Å²) in [6.07, 6.45) is 2.16. The molecule has 1 aliphatic rings. The molecular weight excluding hydrogens is 370 g/mol. The quantitative estimate of drug-likeness (QED) is 0.705. The molecule has 10 nitrogen and oxygen atoms in total. The van der Waals surface area contributed by atoms with Gasteiger partial charge in [-0.3, -0.25) is 0 Å². The van der Waals surface area contributed by atoms with Gasteiger partial charge in [-0.15, -0.1) is 5.10 Å². The molecule has 0 saturated carbocycles. The van der Waals surface area contributed by atoms with Crippen LogP contribution in [0.3, 0.4) is 0 Å². The monoisotopic (exact) mass is 399 g/mol. The van der Waals surface area contributed by atoms with E-state index in [1.807, 2.05) is 9.25 Å². The van der Waals surface area contributed by atoms with Gasteiger partial charge in [0.2, 0.25) is 0 Å². The molecular formula is C19H29N9O. The van der Waals surface area contributed by atoms with Crippen LogP contribution in [0.5, 0.6) is 0 Å². The molecule has 0 spiro atoms. The van der Waals surface area contributed by atoms with E-state index in [-0.39, 0.29) is 17.1 Å². The Morgan fingerprint density at radius 3 is 2.52 bits per heavy atom. The molecule has 0 radical (unpaired) electrons. The van der Waals surface area contributed by atoms with Crippen LogP contribution in [0.25, 0.3) is 11.2 Å². The largest absolute Gasteiger partial charge is 0.391 e. The van der Waals surface area contributed by atoms with Crippen LogP contribution in [-0.4, -0.2) is 64.0 Å². The van der Waals surface area contributed by atoms with Gasteiger partial charge in [0, 0.05) is 18.5 Å². The lowest BCUT2D eigenvalue weighted by Crippen LogP contribution is -2.27. The van der Waals surface area contributed by atoms with Crippen molar-refractivity contribution in [1.29, 1.82) is 0 Å². The van der Waals surface area contributed by atoms with Gasteiger partial charge in [-0.2, -0.15) is 0 Å². The third-order valence-corrected chi connectivity index (χ3v) is 5.06. The molecule has 0 amide bonds. The topological polar surface area (TPSA) is 111 Å². The maximum absolute atomic E-state index is 10.0. The molecule has 4 rings (SSSR count). The number of β-amino-alcohol motifs (C(OH)–C–C–N with tert-alkyl or cyclic N) is 1. The van der Waals surface area contributed by atoms with Crippen molar-refractivity contribution < 1.29 is 5.11 Å². The zero-order chi connectivity index (χ0) is 21.0. The summed E-state index contributed by atoms with van der Waals surface area (Å²) in [6, 6.07) is 0. The normalized spacial score (nSPS) is 18.2. The maximum Gasteiger partial charge on any atom is 0.171 e. The summed E-state index contributed by atoms with van der Waals surface area (Å²) in [5.74, 6) is 2.27. The summed E-state index contributed by atoms with van der Waals surface area (Å²) in [5.41, 5.74) is 1.05. The molecule has 3 aromatic rings. The second-order valence-electron chi connectivity index (χ2n) is 9.73. The molecule has 0 aromatic carbocycles. The smallest absolute Gasteiger partial charge is 0.171 e. The first kappa shape index (κ1) is 19.7. The van der Waals surface area contributed by atoms with E-state index in [1.165, 1.54) is 0 Å². The molecule has 1 saturated heterocycles. The number of anilines is 1. The summed E-state index contributed by atoms with van der Waals surface area (Å²) in [5, 5.41) is 22.2. The number of aliphatic hydroxyl groups excluding tert-OH is 1. The maximum atomic E-state index is 10.0. The average molecular weight is 400 g/mol. The molecule has 0 unspecified atom stereocenters. The minimum atomic E-state index is -0.336. The van der Waals surface area contributed by atoms with Gasteiger partial charge in [0.25, 0.3) is 0 Å². The number of hydrogen-bond acceptors (Lipinski definition) is 8. The number of fused-ring (bicyclic) bond motifs is 1. The summed E-state index contributed by atoms with van der Waals surface area (Å²) in [6.45, 7) is 14.3. The zero-order valence-electron chi connectivity index (χ0n) is 18.0. The molecule has 29 heavy (non-hydrogen) atoms. The molecule has 1 fully saturated rings. The van der Waals surface area contributed by atoms with E-state index >= 15 is 0 Å². The van der Waals surface area contributed by atoms with Crippen molar-refractivity contribution in [1.82, 2.24) is 39.7 Å². The fraction of sp³-hybridized carbons (Fsp3) is 0.684. The summed E-state index contributed by atoms with van der Waals surface area (Å²) in [7, 11) is 0. The Hall–Kier alpha value is -2.62. The second-order valence-corrected chi connectivity index (χ2v) is 9.73.